The second-order valence-corrected chi connectivity index (χ2v) is 4.22. The van der Waals surface area contributed by atoms with Crippen LogP contribution in [0.4, 0.5) is 0 Å². The number of hydrogen-bond donors (Lipinski definition) is 1. The third-order valence-electron chi connectivity index (χ3n) is 1.85. The quantitative estimate of drug-likeness (QED) is 0.506. The van der Waals surface area contributed by atoms with Crippen LogP contribution in [0.15, 0.2) is 4.99 Å². The maximum atomic E-state index is 5.45. The van der Waals surface area contributed by atoms with E-state index in [9.17, 15) is 0 Å². The first-order valence-electron chi connectivity index (χ1n) is 4.13. The Kier molecular flexibility index (Phi) is 3.77. The minimum atomic E-state index is 0.723. The molecule has 0 amide bonds. The first-order valence-corrected chi connectivity index (χ1v) is 5.29. The minimum Gasteiger partial charge on any atom is -0.388 e. The van der Waals surface area contributed by atoms with E-state index < -0.39 is 0 Å². The Labute approximate surface area is 72.6 Å². The molecule has 11 heavy (non-hydrogen) atoms. The Morgan fingerprint density at radius 1 is 1.73 bits per heavy atom. The van der Waals surface area contributed by atoms with Gasteiger partial charge in [0.15, 0.2) is 0 Å². The van der Waals surface area contributed by atoms with Crippen molar-refractivity contribution in [3.8, 4) is 0 Å². The SMILES string of the molecule is CC(N)=NCC1CCCSC1. The second-order valence-electron chi connectivity index (χ2n) is 3.07. The fourth-order valence-electron chi connectivity index (χ4n) is 1.22. The number of nitrogens with zero attached hydrogens (tertiary/aromatic N) is 1. The molecule has 1 atom stereocenters. The van der Waals surface area contributed by atoms with E-state index in [0.29, 0.717) is 0 Å². The Hall–Kier alpha value is -0.180. The van der Waals surface area contributed by atoms with Gasteiger partial charge in [0.05, 0.1) is 5.84 Å². The van der Waals surface area contributed by atoms with Gasteiger partial charge in [0, 0.05) is 6.54 Å². The van der Waals surface area contributed by atoms with E-state index in [0.717, 1.165) is 18.3 Å². The highest BCUT2D eigenvalue weighted by Crippen LogP contribution is 2.22. The van der Waals surface area contributed by atoms with Gasteiger partial charge in [-0.3, -0.25) is 4.99 Å². The summed E-state index contributed by atoms with van der Waals surface area (Å²) in [5.74, 6) is 4.12. The van der Waals surface area contributed by atoms with Crippen molar-refractivity contribution in [1.29, 1.82) is 0 Å². The number of nitrogens with two attached hydrogens (primary N) is 1. The monoisotopic (exact) mass is 172 g/mol. The molecule has 1 aliphatic heterocycles. The summed E-state index contributed by atoms with van der Waals surface area (Å²) in [6.45, 7) is 2.80. The molecule has 1 aliphatic rings. The average Bonchev–Trinajstić information content (AvgIpc) is 2.03. The van der Waals surface area contributed by atoms with E-state index in [1.807, 2.05) is 18.7 Å². The van der Waals surface area contributed by atoms with Gasteiger partial charge >= 0.3 is 0 Å². The van der Waals surface area contributed by atoms with Crippen molar-refractivity contribution in [2.24, 2.45) is 16.6 Å². The van der Waals surface area contributed by atoms with Crippen LogP contribution in [0.2, 0.25) is 0 Å². The third kappa shape index (κ3) is 3.65. The van der Waals surface area contributed by atoms with E-state index in [-0.39, 0.29) is 0 Å². The molecule has 0 aromatic carbocycles. The highest BCUT2D eigenvalue weighted by atomic mass is 32.2. The van der Waals surface area contributed by atoms with Gasteiger partial charge in [-0.1, -0.05) is 0 Å². The number of rotatable bonds is 2. The zero-order valence-electron chi connectivity index (χ0n) is 7.05. The van der Waals surface area contributed by atoms with Gasteiger partial charge in [-0.05, 0) is 37.2 Å². The second kappa shape index (κ2) is 4.65. The van der Waals surface area contributed by atoms with Gasteiger partial charge in [0.25, 0.3) is 0 Å². The normalized spacial score (nSPS) is 27.0. The standard InChI is InChI=1S/C8H16N2S/c1-7(9)10-5-8-3-2-4-11-6-8/h8H,2-6H2,1H3,(H2,9,10). The fourth-order valence-corrected chi connectivity index (χ4v) is 2.37. The number of aliphatic imine (C=N–C) groups is 1. The summed E-state index contributed by atoms with van der Waals surface area (Å²) in [4.78, 5) is 4.23. The zero-order chi connectivity index (χ0) is 8.10. The lowest BCUT2D eigenvalue weighted by molar-refractivity contribution is 0.535. The summed E-state index contributed by atoms with van der Waals surface area (Å²) in [5.41, 5.74) is 5.45. The van der Waals surface area contributed by atoms with Gasteiger partial charge in [0.1, 0.15) is 0 Å². The largest absolute Gasteiger partial charge is 0.388 e. The molecule has 3 heteroatoms. The Balaban J connectivity index is 2.19. The molecule has 1 heterocycles. The molecule has 0 bridgehead atoms. The van der Waals surface area contributed by atoms with E-state index in [4.69, 9.17) is 5.73 Å². The number of thioether (sulfide) groups is 1. The molecule has 1 unspecified atom stereocenters. The summed E-state index contributed by atoms with van der Waals surface area (Å²) in [5, 5.41) is 0. The molecule has 0 spiro atoms. The van der Waals surface area contributed by atoms with Crippen LogP contribution in [-0.4, -0.2) is 23.9 Å². The Bertz CT molecular complexity index is 135. The van der Waals surface area contributed by atoms with Crippen LogP contribution in [-0.2, 0) is 0 Å². The van der Waals surface area contributed by atoms with E-state index in [1.165, 1.54) is 24.3 Å². The number of amidine groups is 1. The zero-order valence-corrected chi connectivity index (χ0v) is 7.86. The van der Waals surface area contributed by atoms with Crippen LogP contribution in [0, 0.1) is 5.92 Å². The Morgan fingerprint density at radius 2 is 2.55 bits per heavy atom. The maximum absolute atomic E-state index is 5.45. The van der Waals surface area contributed by atoms with Crippen molar-refractivity contribution >= 4 is 17.6 Å². The van der Waals surface area contributed by atoms with E-state index in [1.54, 1.807) is 0 Å². The molecular weight excluding hydrogens is 156 g/mol. The molecule has 1 saturated heterocycles. The molecule has 2 N–H and O–H groups in total. The lowest BCUT2D eigenvalue weighted by Crippen LogP contribution is -2.16. The molecule has 64 valence electrons. The molecular formula is C8H16N2S. The van der Waals surface area contributed by atoms with Crippen LogP contribution in [0.1, 0.15) is 19.8 Å². The van der Waals surface area contributed by atoms with Crippen LogP contribution >= 0.6 is 11.8 Å². The fraction of sp³-hybridized carbons (Fsp3) is 0.875. The van der Waals surface area contributed by atoms with Gasteiger partial charge in [-0.15, -0.1) is 0 Å². The summed E-state index contributed by atoms with van der Waals surface area (Å²) >= 11 is 2.04. The number of hydrogen-bond acceptors (Lipinski definition) is 2. The summed E-state index contributed by atoms with van der Waals surface area (Å²) in [7, 11) is 0. The molecule has 0 aromatic rings. The van der Waals surface area contributed by atoms with Crippen molar-refractivity contribution < 1.29 is 0 Å². The van der Waals surface area contributed by atoms with Gasteiger partial charge in [0.2, 0.25) is 0 Å². The lowest BCUT2D eigenvalue weighted by Gasteiger charge is -2.18. The maximum Gasteiger partial charge on any atom is 0.0905 e. The molecule has 0 saturated carbocycles. The lowest BCUT2D eigenvalue weighted by atomic mass is 10.1. The summed E-state index contributed by atoms with van der Waals surface area (Å²) in [6.07, 6.45) is 2.69. The molecule has 0 aliphatic carbocycles. The third-order valence-corrected chi connectivity index (χ3v) is 3.14. The van der Waals surface area contributed by atoms with Crippen molar-refractivity contribution in [3.05, 3.63) is 0 Å². The predicted molar refractivity (Wildman–Crippen MR) is 52.2 cm³/mol. The van der Waals surface area contributed by atoms with Crippen LogP contribution in [0.3, 0.4) is 0 Å². The van der Waals surface area contributed by atoms with Gasteiger partial charge in [-0.2, -0.15) is 11.8 Å². The highest BCUT2D eigenvalue weighted by molar-refractivity contribution is 7.99. The summed E-state index contributed by atoms with van der Waals surface area (Å²) < 4.78 is 0. The van der Waals surface area contributed by atoms with E-state index >= 15 is 0 Å². The highest BCUT2D eigenvalue weighted by Gasteiger charge is 2.12. The molecule has 0 aromatic heterocycles. The van der Waals surface area contributed by atoms with Crippen LogP contribution in [0.25, 0.3) is 0 Å². The van der Waals surface area contributed by atoms with Gasteiger partial charge < -0.3 is 5.73 Å². The van der Waals surface area contributed by atoms with Crippen molar-refractivity contribution in [2.75, 3.05) is 18.1 Å². The van der Waals surface area contributed by atoms with E-state index in [2.05, 4.69) is 4.99 Å². The minimum absolute atomic E-state index is 0.723. The predicted octanol–water partition coefficient (Wildman–Crippen LogP) is 1.51. The van der Waals surface area contributed by atoms with Crippen molar-refractivity contribution in [2.45, 2.75) is 19.8 Å². The molecule has 0 radical (unpaired) electrons. The van der Waals surface area contributed by atoms with Gasteiger partial charge in [-0.25, -0.2) is 0 Å². The van der Waals surface area contributed by atoms with Crippen LogP contribution in [0.5, 0.6) is 0 Å². The Morgan fingerprint density at radius 3 is 3.09 bits per heavy atom. The average molecular weight is 172 g/mol. The first kappa shape index (κ1) is 8.91. The smallest absolute Gasteiger partial charge is 0.0905 e. The van der Waals surface area contributed by atoms with Crippen molar-refractivity contribution in [3.63, 3.8) is 0 Å². The summed E-state index contributed by atoms with van der Waals surface area (Å²) in [6, 6.07) is 0. The molecule has 1 fully saturated rings. The molecule has 2 nitrogen and oxygen atoms in total. The van der Waals surface area contributed by atoms with Crippen molar-refractivity contribution in [1.82, 2.24) is 0 Å². The molecule has 1 rings (SSSR count). The topological polar surface area (TPSA) is 38.4 Å². The van der Waals surface area contributed by atoms with Crippen LogP contribution < -0.4 is 5.73 Å². The first-order chi connectivity index (χ1) is 5.29.